The van der Waals surface area contributed by atoms with Gasteiger partial charge in [0.2, 0.25) is 21.8 Å². The molecule has 2 aliphatic heterocycles. The summed E-state index contributed by atoms with van der Waals surface area (Å²) in [6, 6.07) is 3.71. The number of nitrogens with zero attached hydrogens (tertiary/aromatic N) is 2. The second kappa shape index (κ2) is 8.66. The zero-order valence-electron chi connectivity index (χ0n) is 20.5. The summed E-state index contributed by atoms with van der Waals surface area (Å²) in [4.78, 5) is 27.6. The van der Waals surface area contributed by atoms with Crippen molar-refractivity contribution in [2.45, 2.75) is 83.1 Å². The van der Waals surface area contributed by atoms with E-state index in [1.165, 1.54) is 9.21 Å². The van der Waals surface area contributed by atoms with Gasteiger partial charge in [-0.05, 0) is 47.3 Å². The molecule has 2 unspecified atom stereocenters. The summed E-state index contributed by atoms with van der Waals surface area (Å²) in [7, 11) is -3.75. The first-order chi connectivity index (χ1) is 15.4. The van der Waals surface area contributed by atoms with Gasteiger partial charge >= 0.3 is 0 Å². The smallest absolute Gasteiger partial charge is 0.243 e. The third kappa shape index (κ3) is 3.97. The molecule has 0 N–H and O–H groups in total. The average molecular weight is 473 g/mol. The third-order valence-corrected chi connectivity index (χ3v) is 9.38. The molecule has 6 nitrogen and oxygen atoms in total. The van der Waals surface area contributed by atoms with Gasteiger partial charge in [0, 0.05) is 13.1 Å². The molecule has 0 spiro atoms. The number of allylic oxidation sites excluding steroid dienone is 2. The van der Waals surface area contributed by atoms with E-state index >= 15 is 0 Å². The molecule has 0 saturated carbocycles. The molecule has 3 aliphatic rings. The highest BCUT2D eigenvalue weighted by Crippen LogP contribution is 2.41. The molecule has 180 valence electrons. The van der Waals surface area contributed by atoms with Crippen LogP contribution >= 0.6 is 0 Å². The number of likely N-dealkylation sites (tertiary alicyclic amines) is 1. The Balaban J connectivity index is 1.63. The standard InChI is InChI=1S/C26H36N2O4S/c1-15(2)18-11-22(16(3)4)24(23(12-18)17(5)6)33(31,32)27-13-19(14-27)28-25(29)20-9-7-8-10-21(20)26(28)30/h7-8,11-12,15-17,19-21H,9-10,13-14H2,1-6H3. The monoisotopic (exact) mass is 472 g/mol. The summed E-state index contributed by atoms with van der Waals surface area (Å²) in [6.45, 7) is 12.7. The first-order valence-corrected chi connectivity index (χ1v) is 13.6. The Labute approximate surface area is 198 Å². The van der Waals surface area contributed by atoms with Crippen molar-refractivity contribution in [3.63, 3.8) is 0 Å². The molecule has 33 heavy (non-hydrogen) atoms. The van der Waals surface area contributed by atoms with Crippen LogP contribution in [-0.4, -0.2) is 48.6 Å². The fourth-order valence-corrected chi connectivity index (χ4v) is 7.46. The lowest BCUT2D eigenvalue weighted by atomic mass is 9.85. The third-order valence-electron chi connectivity index (χ3n) is 7.41. The first-order valence-electron chi connectivity index (χ1n) is 12.1. The Morgan fingerprint density at radius 1 is 0.788 bits per heavy atom. The lowest BCUT2D eigenvalue weighted by Gasteiger charge is -2.42. The maximum absolute atomic E-state index is 13.8. The Bertz CT molecular complexity index is 1040. The zero-order chi connectivity index (χ0) is 24.2. The van der Waals surface area contributed by atoms with Crippen LogP contribution in [0.4, 0.5) is 0 Å². The van der Waals surface area contributed by atoms with Crippen LogP contribution in [0.5, 0.6) is 0 Å². The quantitative estimate of drug-likeness (QED) is 0.455. The minimum atomic E-state index is -3.75. The minimum Gasteiger partial charge on any atom is -0.276 e. The van der Waals surface area contributed by atoms with Gasteiger partial charge in [0.1, 0.15) is 0 Å². The molecular formula is C26H36N2O4S. The van der Waals surface area contributed by atoms with Gasteiger partial charge in [0.05, 0.1) is 22.8 Å². The van der Waals surface area contributed by atoms with Gasteiger partial charge in [0.25, 0.3) is 0 Å². The van der Waals surface area contributed by atoms with Crippen LogP contribution in [0.1, 0.15) is 88.8 Å². The number of hydrogen-bond acceptors (Lipinski definition) is 4. The van der Waals surface area contributed by atoms with E-state index < -0.39 is 10.0 Å². The van der Waals surface area contributed by atoms with Crippen LogP contribution in [0.2, 0.25) is 0 Å². The second-order valence-corrected chi connectivity index (χ2v) is 12.5. The van der Waals surface area contributed by atoms with Crippen LogP contribution in [-0.2, 0) is 19.6 Å². The number of carbonyl (C=O) groups is 2. The highest BCUT2D eigenvalue weighted by Gasteiger charge is 2.53. The molecule has 1 aliphatic carbocycles. The number of fused-ring (bicyclic) bond motifs is 1. The summed E-state index contributed by atoms with van der Waals surface area (Å²) in [5.41, 5.74) is 2.84. The number of carbonyl (C=O) groups excluding carboxylic acids is 2. The van der Waals surface area contributed by atoms with E-state index in [-0.39, 0.29) is 54.6 Å². The van der Waals surface area contributed by atoms with Gasteiger partial charge in [-0.25, -0.2) is 8.42 Å². The first kappa shape index (κ1) is 24.1. The van der Waals surface area contributed by atoms with Crippen LogP contribution < -0.4 is 0 Å². The van der Waals surface area contributed by atoms with E-state index in [1.807, 2.05) is 52.0 Å². The number of amides is 2. The van der Waals surface area contributed by atoms with Crippen LogP contribution in [0, 0.1) is 11.8 Å². The molecular weight excluding hydrogens is 436 g/mol. The van der Waals surface area contributed by atoms with Crippen molar-refractivity contribution in [2.24, 2.45) is 11.8 Å². The van der Waals surface area contributed by atoms with E-state index in [0.29, 0.717) is 23.7 Å². The number of rotatable bonds is 6. The largest absolute Gasteiger partial charge is 0.276 e. The Morgan fingerprint density at radius 2 is 1.24 bits per heavy atom. The number of sulfonamides is 1. The second-order valence-electron chi connectivity index (χ2n) is 10.7. The van der Waals surface area contributed by atoms with Gasteiger partial charge < -0.3 is 0 Å². The number of hydrogen-bond donors (Lipinski definition) is 0. The topological polar surface area (TPSA) is 74.8 Å². The minimum absolute atomic E-state index is 0.0559. The van der Waals surface area contributed by atoms with Gasteiger partial charge in [-0.2, -0.15) is 4.31 Å². The molecule has 1 aromatic rings. The fourth-order valence-electron chi connectivity index (χ4n) is 5.28. The highest BCUT2D eigenvalue weighted by molar-refractivity contribution is 7.89. The van der Waals surface area contributed by atoms with E-state index in [2.05, 4.69) is 13.8 Å². The van der Waals surface area contributed by atoms with Crippen molar-refractivity contribution in [1.29, 1.82) is 0 Å². The summed E-state index contributed by atoms with van der Waals surface area (Å²) in [5.74, 6) is -0.420. The Kier molecular flexibility index (Phi) is 6.33. The van der Waals surface area contributed by atoms with Crippen molar-refractivity contribution in [3.8, 4) is 0 Å². The van der Waals surface area contributed by atoms with Gasteiger partial charge in [-0.15, -0.1) is 0 Å². The van der Waals surface area contributed by atoms with Crippen molar-refractivity contribution in [1.82, 2.24) is 9.21 Å². The number of benzene rings is 1. The normalized spacial score (nSPS) is 24.3. The maximum atomic E-state index is 13.8. The molecule has 2 saturated heterocycles. The molecule has 2 amide bonds. The molecule has 2 heterocycles. The van der Waals surface area contributed by atoms with E-state index in [0.717, 1.165) is 16.7 Å². The fraction of sp³-hybridized carbons (Fsp3) is 0.615. The Morgan fingerprint density at radius 3 is 1.64 bits per heavy atom. The highest BCUT2D eigenvalue weighted by atomic mass is 32.2. The predicted molar refractivity (Wildman–Crippen MR) is 128 cm³/mol. The summed E-state index contributed by atoms with van der Waals surface area (Å²) in [6.07, 6.45) is 5.13. The Hall–Kier alpha value is -1.99. The SMILES string of the molecule is CC(C)c1cc(C(C)C)c(S(=O)(=O)N2CC(N3C(=O)C4CC=CCC4C3=O)C2)c(C(C)C)c1. The molecule has 0 bridgehead atoms. The molecule has 2 fully saturated rings. The van der Waals surface area contributed by atoms with E-state index in [9.17, 15) is 18.0 Å². The van der Waals surface area contributed by atoms with Crippen molar-refractivity contribution >= 4 is 21.8 Å². The van der Waals surface area contributed by atoms with Gasteiger partial charge in [-0.1, -0.05) is 65.8 Å². The molecule has 0 aromatic heterocycles. The van der Waals surface area contributed by atoms with Crippen LogP contribution in [0.15, 0.2) is 29.2 Å². The van der Waals surface area contributed by atoms with Gasteiger partial charge in [-0.3, -0.25) is 14.5 Å². The lowest BCUT2D eigenvalue weighted by Crippen LogP contribution is -2.62. The average Bonchev–Trinajstić information content (AvgIpc) is 2.97. The predicted octanol–water partition coefficient (Wildman–Crippen LogP) is 4.38. The zero-order valence-corrected chi connectivity index (χ0v) is 21.4. The summed E-state index contributed by atoms with van der Waals surface area (Å²) < 4.78 is 29.1. The summed E-state index contributed by atoms with van der Waals surface area (Å²) in [5, 5.41) is 0. The van der Waals surface area contributed by atoms with E-state index in [1.54, 1.807) is 0 Å². The van der Waals surface area contributed by atoms with Gasteiger partial charge in [0.15, 0.2) is 0 Å². The molecule has 0 radical (unpaired) electrons. The van der Waals surface area contributed by atoms with Crippen molar-refractivity contribution in [3.05, 3.63) is 41.0 Å². The van der Waals surface area contributed by atoms with Crippen LogP contribution in [0.25, 0.3) is 0 Å². The number of imide groups is 1. The lowest BCUT2D eigenvalue weighted by molar-refractivity contribution is -0.145. The summed E-state index contributed by atoms with van der Waals surface area (Å²) >= 11 is 0. The molecule has 1 aromatic carbocycles. The van der Waals surface area contributed by atoms with Crippen molar-refractivity contribution < 1.29 is 18.0 Å². The van der Waals surface area contributed by atoms with E-state index in [4.69, 9.17) is 0 Å². The molecule has 7 heteroatoms. The van der Waals surface area contributed by atoms with Crippen LogP contribution in [0.3, 0.4) is 0 Å². The molecule has 2 atom stereocenters. The molecule has 4 rings (SSSR count). The van der Waals surface area contributed by atoms with Crippen molar-refractivity contribution in [2.75, 3.05) is 13.1 Å². The maximum Gasteiger partial charge on any atom is 0.243 e.